The number of rotatable bonds is 3. The topological polar surface area (TPSA) is 40.5 Å². The standard InChI is InChI=1S/C13H15Br2NO2/c1-16(7-8-2-12(17)3-8)13(18)9-4-10(14)6-11(15)5-9/h4-6,8,12,17H,2-3,7H2,1H3. The number of benzene rings is 1. The molecule has 0 bridgehead atoms. The Hall–Kier alpha value is -0.390. The summed E-state index contributed by atoms with van der Waals surface area (Å²) in [5.41, 5.74) is 0.665. The molecule has 0 heterocycles. The molecule has 0 aromatic heterocycles. The molecule has 1 amide bonds. The zero-order chi connectivity index (χ0) is 13.3. The summed E-state index contributed by atoms with van der Waals surface area (Å²) >= 11 is 6.76. The fourth-order valence-electron chi connectivity index (χ4n) is 2.22. The van der Waals surface area contributed by atoms with Gasteiger partial charge >= 0.3 is 0 Å². The highest BCUT2D eigenvalue weighted by Gasteiger charge is 2.29. The van der Waals surface area contributed by atoms with E-state index in [1.165, 1.54) is 0 Å². The predicted molar refractivity (Wildman–Crippen MR) is 77.5 cm³/mol. The van der Waals surface area contributed by atoms with Gasteiger partial charge in [0.2, 0.25) is 0 Å². The Labute approximate surface area is 123 Å². The molecular weight excluding hydrogens is 362 g/mol. The largest absolute Gasteiger partial charge is 0.393 e. The van der Waals surface area contributed by atoms with E-state index in [-0.39, 0.29) is 12.0 Å². The Morgan fingerprint density at radius 1 is 1.33 bits per heavy atom. The van der Waals surface area contributed by atoms with Crippen LogP contribution in [0.2, 0.25) is 0 Å². The average Bonchev–Trinajstić information content (AvgIpc) is 2.24. The van der Waals surface area contributed by atoms with Crippen molar-refractivity contribution in [1.29, 1.82) is 0 Å². The second kappa shape index (κ2) is 5.72. The number of carbonyl (C=O) groups excluding carboxylic acids is 1. The molecule has 0 unspecified atom stereocenters. The molecule has 0 atom stereocenters. The molecule has 5 heteroatoms. The number of halogens is 2. The lowest BCUT2D eigenvalue weighted by Crippen LogP contribution is -2.39. The van der Waals surface area contributed by atoms with Gasteiger partial charge in [0, 0.05) is 28.1 Å². The molecule has 1 fully saturated rings. The van der Waals surface area contributed by atoms with E-state index in [9.17, 15) is 9.90 Å². The molecule has 1 saturated carbocycles. The summed E-state index contributed by atoms with van der Waals surface area (Å²) in [6.45, 7) is 0.708. The van der Waals surface area contributed by atoms with Crippen molar-refractivity contribution in [3.8, 4) is 0 Å². The van der Waals surface area contributed by atoms with Gasteiger partial charge in [0.1, 0.15) is 0 Å². The van der Waals surface area contributed by atoms with E-state index in [1.54, 1.807) is 4.90 Å². The van der Waals surface area contributed by atoms with E-state index < -0.39 is 0 Å². The van der Waals surface area contributed by atoms with Gasteiger partial charge in [-0.05, 0) is 37.0 Å². The van der Waals surface area contributed by atoms with Crippen LogP contribution in [-0.4, -0.2) is 35.6 Å². The van der Waals surface area contributed by atoms with Crippen LogP contribution in [0.3, 0.4) is 0 Å². The number of hydrogen-bond acceptors (Lipinski definition) is 2. The molecule has 1 aliphatic rings. The monoisotopic (exact) mass is 375 g/mol. The minimum atomic E-state index is -0.168. The van der Waals surface area contributed by atoms with Crippen LogP contribution in [0.15, 0.2) is 27.1 Å². The van der Waals surface area contributed by atoms with Crippen molar-refractivity contribution in [1.82, 2.24) is 4.90 Å². The molecule has 1 N–H and O–H groups in total. The first-order chi connectivity index (χ1) is 8.45. The van der Waals surface area contributed by atoms with Gasteiger partial charge in [-0.15, -0.1) is 0 Å². The molecule has 2 rings (SSSR count). The van der Waals surface area contributed by atoms with Gasteiger partial charge in [-0.2, -0.15) is 0 Å². The fraction of sp³-hybridized carbons (Fsp3) is 0.462. The zero-order valence-corrected chi connectivity index (χ0v) is 13.2. The number of amides is 1. The van der Waals surface area contributed by atoms with Crippen molar-refractivity contribution >= 4 is 37.8 Å². The predicted octanol–water partition coefficient (Wildman–Crippen LogP) is 3.05. The molecular formula is C13H15Br2NO2. The number of aliphatic hydroxyl groups excluding tert-OH is 1. The lowest BCUT2D eigenvalue weighted by molar-refractivity contribution is 0.0265. The van der Waals surface area contributed by atoms with E-state index >= 15 is 0 Å². The minimum Gasteiger partial charge on any atom is -0.393 e. The van der Waals surface area contributed by atoms with Crippen LogP contribution >= 0.6 is 31.9 Å². The Kier molecular flexibility index (Phi) is 4.45. The van der Waals surface area contributed by atoms with E-state index in [2.05, 4.69) is 31.9 Å². The molecule has 0 radical (unpaired) electrons. The van der Waals surface area contributed by atoms with Crippen LogP contribution in [0, 0.1) is 5.92 Å². The van der Waals surface area contributed by atoms with Crippen molar-refractivity contribution < 1.29 is 9.90 Å². The maximum atomic E-state index is 12.2. The Balaban J connectivity index is 2.01. The molecule has 0 aliphatic heterocycles. The summed E-state index contributed by atoms with van der Waals surface area (Å²) in [6.07, 6.45) is 1.44. The van der Waals surface area contributed by atoms with Crippen LogP contribution in [0.1, 0.15) is 23.2 Å². The summed E-state index contributed by atoms with van der Waals surface area (Å²) in [5.74, 6) is 0.447. The van der Waals surface area contributed by atoms with Crippen molar-refractivity contribution in [2.45, 2.75) is 18.9 Å². The highest BCUT2D eigenvalue weighted by molar-refractivity contribution is 9.11. The number of aliphatic hydroxyl groups is 1. The van der Waals surface area contributed by atoms with Crippen LogP contribution in [-0.2, 0) is 0 Å². The third kappa shape index (κ3) is 3.33. The molecule has 1 aliphatic carbocycles. The summed E-state index contributed by atoms with van der Waals surface area (Å²) in [7, 11) is 1.81. The third-order valence-corrected chi connectivity index (χ3v) is 4.11. The number of hydrogen-bond donors (Lipinski definition) is 1. The first-order valence-electron chi connectivity index (χ1n) is 5.85. The van der Waals surface area contributed by atoms with Gasteiger partial charge in [-0.3, -0.25) is 4.79 Å². The maximum Gasteiger partial charge on any atom is 0.253 e. The second-order valence-electron chi connectivity index (χ2n) is 4.84. The summed E-state index contributed by atoms with van der Waals surface area (Å²) in [5, 5.41) is 9.24. The Morgan fingerprint density at radius 2 is 1.89 bits per heavy atom. The minimum absolute atomic E-state index is 0.0124. The molecule has 18 heavy (non-hydrogen) atoms. The molecule has 0 spiro atoms. The quantitative estimate of drug-likeness (QED) is 0.880. The zero-order valence-electron chi connectivity index (χ0n) is 10.1. The van der Waals surface area contributed by atoms with Crippen molar-refractivity contribution in [2.24, 2.45) is 5.92 Å². The summed E-state index contributed by atoms with van der Waals surface area (Å²) in [6, 6.07) is 5.54. The molecule has 3 nitrogen and oxygen atoms in total. The third-order valence-electron chi connectivity index (χ3n) is 3.20. The number of carbonyl (C=O) groups is 1. The Morgan fingerprint density at radius 3 is 2.39 bits per heavy atom. The molecule has 1 aromatic rings. The smallest absolute Gasteiger partial charge is 0.253 e. The van der Waals surface area contributed by atoms with Crippen LogP contribution in [0.5, 0.6) is 0 Å². The van der Waals surface area contributed by atoms with E-state index in [4.69, 9.17) is 0 Å². The summed E-state index contributed by atoms with van der Waals surface area (Å²) < 4.78 is 1.76. The fourth-order valence-corrected chi connectivity index (χ4v) is 3.51. The lowest BCUT2D eigenvalue weighted by Gasteiger charge is -2.34. The van der Waals surface area contributed by atoms with E-state index in [0.29, 0.717) is 18.0 Å². The average molecular weight is 377 g/mol. The van der Waals surface area contributed by atoms with Gasteiger partial charge in [-0.1, -0.05) is 31.9 Å². The molecule has 98 valence electrons. The van der Waals surface area contributed by atoms with Crippen LogP contribution < -0.4 is 0 Å². The first-order valence-corrected chi connectivity index (χ1v) is 7.44. The normalized spacial score (nSPS) is 22.4. The van der Waals surface area contributed by atoms with Crippen LogP contribution in [0.25, 0.3) is 0 Å². The molecule has 0 saturated heterocycles. The van der Waals surface area contributed by atoms with Gasteiger partial charge in [0.05, 0.1) is 6.10 Å². The van der Waals surface area contributed by atoms with Gasteiger partial charge in [0.15, 0.2) is 0 Å². The number of nitrogens with zero attached hydrogens (tertiary/aromatic N) is 1. The van der Waals surface area contributed by atoms with Crippen molar-refractivity contribution in [2.75, 3.05) is 13.6 Å². The first kappa shape index (κ1) is 14.0. The van der Waals surface area contributed by atoms with Gasteiger partial charge in [-0.25, -0.2) is 0 Å². The SMILES string of the molecule is CN(CC1CC(O)C1)C(=O)c1cc(Br)cc(Br)c1. The highest BCUT2D eigenvalue weighted by atomic mass is 79.9. The maximum absolute atomic E-state index is 12.2. The second-order valence-corrected chi connectivity index (χ2v) is 6.67. The van der Waals surface area contributed by atoms with Crippen LogP contribution in [0.4, 0.5) is 0 Å². The molecule has 1 aromatic carbocycles. The Bertz CT molecular complexity index is 438. The van der Waals surface area contributed by atoms with E-state index in [1.807, 2.05) is 25.2 Å². The van der Waals surface area contributed by atoms with E-state index in [0.717, 1.165) is 21.8 Å². The highest BCUT2D eigenvalue weighted by Crippen LogP contribution is 2.28. The summed E-state index contributed by atoms with van der Waals surface area (Å²) in [4.78, 5) is 14.0. The lowest BCUT2D eigenvalue weighted by atomic mass is 9.82. The van der Waals surface area contributed by atoms with Gasteiger partial charge < -0.3 is 10.0 Å². The van der Waals surface area contributed by atoms with Crippen molar-refractivity contribution in [3.63, 3.8) is 0 Å². The van der Waals surface area contributed by atoms with Crippen molar-refractivity contribution in [3.05, 3.63) is 32.7 Å². The van der Waals surface area contributed by atoms with Gasteiger partial charge in [0.25, 0.3) is 5.91 Å².